The predicted octanol–water partition coefficient (Wildman–Crippen LogP) is -2.53. The highest BCUT2D eigenvalue weighted by molar-refractivity contribution is 6.75. The van der Waals surface area contributed by atoms with E-state index in [-0.39, 0.29) is 0 Å². The molecule has 0 saturated heterocycles. The van der Waals surface area contributed by atoms with E-state index < -0.39 is 0 Å². The Morgan fingerprint density at radius 2 is 1.20 bits per heavy atom. The molecule has 0 atom stereocenters. The molecule has 0 fully saturated rings. The molecule has 0 rings (SSSR count). The summed E-state index contributed by atoms with van der Waals surface area (Å²) in [4.78, 5) is 0. The van der Waals surface area contributed by atoms with Gasteiger partial charge in [-0.1, -0.05) is 0 Å². The van der Waals surface area contributed by atoms with E-state index in [2.05, 4.69) is 5.32 Å². The van der Waals surface area contributed by atoms with Gasteiger partial charge in [0.25, 0.3) is 0 Å². The van der Waals surface area contributed by atoms with Gasteiger partial charge >= 0.3 is 0 Å². The van der Waals surface area contributed by atoms with Crippen molar-refractivity contribution in [1.29, 1.82) is 0 Å². The molecular weight excluding hydrogens is 94.2 g/mol. The summed E-state index contributed by atoms with van der Waals surface area (Å²) in [5.74, 6) is 0. The summed E-state index contributed by atoms with van der Waals surface area (Å²) in [5.41, 5.74) is 0. The van der Waals surface area contributed by atoms with Crippen LogP contribution < -0.4 is 5.32 Å². The average Bonchev–Trinajstić information content (AvgIpc) is 1.46. The predicted molar refractivity (Wildman–Crippen MR) is 34.9 cm³/mol. The molecule has 0 amide bonds. The van der Waals surface area contributed by atoms with E-state index in [4.69, 9.17) is 0 Å². The fraction of sp³-hybridized carbons (Fsp3) is 1.00. The molecule has 0 aromatic rings. The third kappa shape index (κ3) is 162. The van der Waals surface area contributed by atoms with E-state index >= 15 is 0 Å². The van der Waals surface area contributed by atoms with Crippen molar-refractivity contribution < 1.29 is 0 Å². The van der Waals surface area contributed by atoms with Crippen LogP contribution in [0.15, 0.2) is 0 Å². The van der Waals surface area contributed by atoms with Gasteiger partial charge < -0.3 is 5.32 Å². The average molecular weight is 107 g/mol. The van der Waals surface area contributed by atoms with Crippen molar-refractivity contribution in [2.75, 3.05) is 14.1 Å². The summed E-state index contributed by atoms with van der Waals surface area (Å²) in [7, 11) is 6.64. The Morgan fingerprint density at radius 3 is 1.20 bits per heavy atom. The van der Waals surface area contributed by atoms with E-state index in [0.29, 0.717) is 0 Å². The highest BCUT2D eigenvalue weighted by Crippen LogP contribution is 0.981. The van der Waals surface area contributed by atoms with Crippen LogP contribution in [0, 0.1) is 0 Å². The molecule has 3 heteroatoms. The van der Waals surface area contributed by atoms with Crippen LogP contribution in [0.3, 0.4) is 0 Å². The van der Waals surface area contributed by atoms with Gasteiger partial charge in [0.15, 0.2) is 0 Å². The molecule has 5 heavy (non-hydrogen) atoms. The first-order valence-electron chi connectivity index (χ1n) is 2.00. The molecular formula is C2H13NSi2. The van der Waals surface area contributed by atoms with Crippen LogP contribution in [0.25, 0.3) is 0 Å². The van der Waals surface area contributed by atoms with Crippen LogP contribution in [0.2, 0.25) is 0 Å². The second-order valence-electron chi connectivity index (χ2n) is 0.500. The summed E-state index contributed by atoms with van der Waals surface area (Å²) in [6.45, 7) is 0. The van der Waals surface area contributed by atoms with Crippen LogP contribution in [0.1, 0.15) is 0 Å². The van der Waals surface area contributed by atoms with Crippen LogP contribution >= 0.6 is 0 Å². The van der Waals surface area contributed by atoms with Crippen LogP contribution in [0.5, 0.6) is 0 Å². The van der Waals surface area contributed by atoms with E-state index in [9.17, 15) is 0 Å². The van der Waals surface area contributed by atoms with Crippen molar-refractivity contribution in [3.63, 3.8) is 0 Å². The molecule has 1 N–H and O–H groups in total. The van der Waals surface area contributed by atoms with E-state index in [1.54, 1.807) is 0 Å². The normalized spacial score (nSPS) is 6.00. The maximum absolute atomic E-state index is 2.75. The maximum Gasteiger partial charge on any atom is -0.0125 e. The second kappa shape index (κ2) is 26.1. The maximum atomic E-state index is 2.75. The van der Waals surface area contributed by atoms with Crippen molar-refractivity contribution in [3.8, 4) is 0 Å². The lowest BCUT2D eigenvalue weighted by Crippen LogP contribution is -1.89. The summed E-state index contributed by atoms with van der Waals surface area (Å²) in [5, 5.41) is 2.75. The van der Waals surface area contributed by atoms with Gasteiger partial charge in [-0.15, -0.1) is 0 Å². The molecule has 0 aliphatic rings. The zero-order valence-corrected chi connectivity index (χ0v) is 8.50. The fourth-order valence-corrected chi connectivity index (χ4v) is 0. The molecule has 34 valence electrons. The van der Waals surface area contributed by atoms with E-state index in [0.717, 1.165) is 0 Å². The lowest BCUT2D eigenvalue weighted by molar-refractivity contribution is 1.02. The van der Waals surface area contributed by atoms with Crippen molar-refractivity contribution in [2.45, 2.75) is 0 Å². The molecule has 0 saturated carbocycles. The fourth-order valence-electron chi connectivity index (χ4n) is 0. The molecule has 0 bridgehead atoms. The quantitative estimate of drug-likeness (QED) is 0.337. The third-order valence-corrected chi connectivity index (χ3v) is 0. The van der Waals surface area contributed by atoms with Crippen molar-refractivity contribution in [3.05, 3.63) is 0 Å². The zero-order chi connectivity index (χ0) is 4.71. The smallest absolute Gasteiger partial charge is 0.0125 e. The minimum atomic E-state index is 1.44. The highest BCUT2D eigenvalue weighted by atomic mass is 29.1. The first-order valence-corrected chi connectivity index (χ1v) is 10.0. The zero-order valence-electron chi connectivity index (χ0n) is 4.50. The van der Waals surface area contributed by atoms with E-state index in [1.807, 2.05) is 14.1 Å². The molecule has 0 unspecified atom stereocenters. The Labute approximate surface area is 39.8 Å². The van der Waals surface area contributed by atoms with Gasteiger partial charge in [-0.25, -0.2) is 0 Å². The first kappa shape index (κ1) is 9.04. The molecule has 0 aromatic heterocycles. The summed E-state index contributed by atoms with van der Waals surface area (Å²) in [6.07, 6.45) is 0. The number of hydrogen-bond acceptors (Lipinski definition) is 1. The van der Waals surface area contributed by atoms with Gasteiger partial charge in [-0.2, -0.15) is 0 Å². The van der Waals surface area contributed by atoms with Gasteiger partial charge in [0.1, 0.15) is 0 Å². The Morgan fingerprint density at radius 1 is 1.20 bits per heavy atom. The third-order valence-electron chi connectivity index (χ3n) is 0. The summed E-state index contributed by atoms with van der Waals surface area (Å²) < 4.78 is 0. The van der Waals surface area contributed by atoms with Crippen LogP contribution in [-0.2, 0) is 0 Å². The lowest BCUT2D eigenvalue weighted by Gasteiger charge is -1.59. The van der Waals surface area contributed by atoms with Gasteiger partial charge in [0.05, 0.1) is 0 Å². The Hall–Kier alpha value is 0.394. The minimum Gasteiger partial charge on any atom is -0.323 e. The Kier molecular flexibility index (Phi) is 47.1. The van der Waals surface area contributed by atoms with Crippen molar-refractivity contribution >= 4 is 19.5 Å². The Bertz CT molecular complexity index is 7.61. The SMILES string of the molecule is CNC.[SiH3][SiH3]. The van der Waals surface area contributed by atoms with Crippen molar-refractivity contribution in [2.24, 2.45) is 0 Å². The van der Waals surface area contributed by atoms with Gasteiger partial charge in [0, 0.05) is 0 Å². The monoisotopic (exact) mass is 107 g/mol. The highest BCUT2D eigenvalue weighted by Gasteiger charge is 1.25. The largest absolute Gasteiger partial charge is 0.323 e. The molecule has 0 heterocycles. The summed E-state index contributed by atoms with van der Waals surface area (Å²) in [6, 6.07) is 0. The second-order valence-corrected chi connectivity index (χ2v) is 0.500. The number of nitrogens with one attached hydrogen (secondary N) is 1. The van der Waals surface area contributed by atoms with E-state index in [1.165, 1.54) is 19.5 Å². The molecule has 0 aromatic carbocycles. The molecule has 1 nitrogen and oxygen atoms in total. The van der Waals surface area contributed by atoms with Crippen LogP contribution in [0.4, 0.5) is 0 Å². The molecule has 0 aliphatic heterocycles. The first-order chi connectivity index (χ1) is 2.41. The number of hydrogen-bond donors (Lipinski definition) is 1. The lowest BCUT2D eigenvalue weighted by atomic mass is 11.3. The molecule has 0 radical (unpaired) electrons. The number of rotatable bonds is 0. The van der Waals surface area contributed by atoms with Gasteiger partial charge in [0.2, 0.25) is 0 Å². The Balaban J connectivity index is 0. The van der Waals surface area contributed by atoms with Gasteiger partial charge in [-0.3, -0.25) is 0 Å². The molecule has 0 spiro atoms. The molecule has 0 aliphatic carbocycles. The van der Waals surface area contributed by atoms with Crippen LogP contribution in [-0.4, -0.2) is 33.6 Å². The standard InChI is InChI=1S/C2H7N.H6Si2/c1-3-2;1-2/h3H,1-2H3;1-2H3. The van der Waals surface area contributed by atoms with Crippen molar-refractivity contribution in [1.82, 2.24) is 5.32 Å². The minimum absolute atomic E-state index is 1.44. The topological polar surface area (TPSA) is 12.0 Å². The summed E-state index contributed by atoms with van der Waals surface area (Å²) >= 11 is 0. The van der Waals surface area contributed by atoms with Gasteiger partial charge in [-0.05, 0) is 33.6 Å².